The first kappa shape index (κ1) is 14.9. The highest BCUT2D eigenvalue weighted by Crippen LogP contribution is 2.31. The number of aryl methyl sites for hydroxylation is 1. The molecule has 3 heterocycles. The highest BCUT2D eigenvalue weighted by Gasteiger charge is 2.26. The predicted octanol–water partition coefficient (Wildman–Crippen LogP) is 2.70. The SMILES string of the molecule is Cc1cccc2c(N3CCC(CN4CCOCC4)C3)ccnc12. The Morgan fingerprint density at radius 2 is 2.04 bits per heavy atom. The van der Waals surface area contributed by atoms with E-state index >= 15 is 0 Å². The van der Waals surface area contributed by atoms with Gasteiger partial charge < -0.3 is 9.64 Å². The Balaban J connectivity index is 1.50. The van der Waals surface area contributed by atoms with E-state index in [-0.39, 0.29) is 0 Å². The van der Waals surface area contributed by atoms with Crippen molar-refractivity contribution in [3.63, 3.8) is 0 Å². The number of hydrogen-bond acceptors (Lipinski definition) is 4. The maximum atomic E-state index is 5.45. The fraction of sp³-hybridized carbons (Fsp3) is 0.526. The molecule has 0 spiro atoms. The minimum Gasteiger partial charge on any atom is -0.379 e. The molecule has 4 heteroatoms. The van der Waals surface area contributed by atoms with E-state index in [4.69, 9.17) is 4.74 Å². The number of hydrogen-bond donors (Lipinski definition) is 0. The van der Waals surface area contributed by atoms with Crippen LogP contribution in [0, 0.1) is 12.8 Å². The van der Waals surface area contributed by atoms with E-state index in [1.54, 1.807) is 0 Å². The van der Waals surface area contributed by atoms with Crippen molar-refractivity contribution in [2.24, 2.45) is 5.92 Å². The van der Waals surface area contributed by atoms with Crippen molar-refractivity contribution in [1.82, 2.24) is 9.88 Å². The summed E-state index contributed by atoms with van der Waals surface area (Å²) in [4.78, 5) is 9.69. The molecule has 23 heavy (non-hydrogen) atoms. The second-order valence-electron chi connectivity index (χ2n) is 6.81. The van der Waals surface area contributed by atoms with Crippen molar-refractivity contribution >= 4 is 16.6 Å². The molecule has 1 unspecified atom stereocenters. The molecule has 1 aromatic heterocycles. The van der Waals surface area contributed by atoms with Gasteiger partial charge in [0.05, 0.1) is 18.7 Å². The maximum absolute atomic E-state index is 5.45. The number of pyridine rings is 1. The van der Waals surface area contributed by atoms with Gasteiger partial charge in [0.1, 0.15) is 0 Å². The van der Waals surface area contributed by atoms with Crippen LogP contribution in [0.2, 0.25) is 0 Å². The number of benzene rings is 1. The van der Waals surface area contributed by atoms with Crippen molar-refractivity contribution in [2.75, 3.05) is 50.8 Å². The summed E-state index contributed by atoms with van der Waals surface area (Å²) in [6.45, 7) is 9.63. The normalized spacial score (nSPS) is 22.8. The minimum atomic E-state index is 0.765. The topological polar surface area (TPSA) is 28.6 Å². The molecular weight excluding hydrogens is 286 g/mol. The first-order valence-corrected chi connectivity index (χ1v) is 8.70. The van der Waals surface area contributed by atoms with Crippen LogP contribution in [0.5, 0.6) is 0 Å². The Hall–Kier alpha value is -1.65. The van der Waals surface area contributed by atoms with Gasteiger partial charge >= 0.3 is 0 Å². The van der Waals surface area contributed by atoms with E-state index in [9.17, 15) is 0 Å². The molecule has 2 aromatic rings. The highest BCUT2D eigenvalue weighted by atomic mass is 16.5. The molecule has 0 amide bonds. The average molecular weight is 311 g/mol. The van der Waals surface area contributed by atoms with Crippen molar-refractivity contribution < 1.29 is 4.74 Å². The number of para-hydroxylation sites is 1. The van der Waals surface area contributed by atoms with Crippen LogP contribution in [0.1, 0.15) is 12.0 Å². The third kappa shape index (κ3) is 3.06. The average Bonchev–Trinajstić information content (AvgIpc) is 3.04. The second-order valence-corrected chi connectivity index (χ2v) is 6.81. The molecule has 2 aliphatic rings. The standard InChI is InChI=1S/C19H25N3O/c1-15-3-2-4-17-18(5-7-20-19(15)17)22-8-6-16(14-22)13-21-9-11-23-12-10-21/h2-5,7,16H,6,8-14H2,1H3. The number of ether oxygens (including phenoxy) is 1. The Kier molecular flexibility index (Phi) is 4.19. The summed E-state index contributed by atoms with van der Waals surface area (Å²) in [6, 6.07) is 8.67. The summed E-state index contributed by atoms with van der Waals surface area (Å²) in [5, 5.41) is 1.29. The van der Waals surface area contributed by atoms with Crippen LogP contribution in [-0.2, 0) is 4.74 Å². The van der Waals surface area contributed by atoms with Crippen LogP contribution in [0.15, 0.2) is 30.5 Å². The van der Waals surface area contributed by atoms with Crippen LogP contribution in [0.3, 0.4) is 0 Å². The van der Waals surface area contributed by atoms with E-state index in [0.29, 0.717) is 0 Å². The van der Waals surface area contributed by atoms with Crippen molar-refractivity contribution in [3.8, 4) is 0 Å². The molecule has 4 nitrogen and oxygen atoms in total. The van der Waals surface area contributed by atoms with E-state index in [0.717, 1.165) is 50.8 Å². The summed E-state index contributed by atoms with van der Waals surface area (Å²) in [5.74, 6) is 0.765. The summed E-state index contributed by atoms with van der Waals surface area (Å²) >= 11 is 0. The summed E-state index contributed by atoms with van der Waals surface area (Å²) in [6.07, 6.45) is 3.24. The Labute approximate surface area is 138 Å². The monoisotopic (exact) mass is 311 g/mol. The summed E-state index contributed by atoms with van der Waals surface area (Å²) in [7, 11) is 0. The molecular formula is C19H25N3O. The highest BCUT2D eigenvalue weighted by molar-refractivity contribution is 5.93. The van der Waals surface area contributed by atoms with Gasteiger partial charge in [-0.2, -0.15) is 0 Å². The molecule has 0 saturated carbocycles. The molecule has 2 saturated heterocycles. The number of rotatable bonds is 3. The lowest BCUT2D eigenvalue weighted by molar-refractivity contribution is 0.0320. The van der Waals surface area contributed by atoms with Gasteiger partial charge in [-0.05, 0) is 30.9 Å². The van der Waals surface area contributed by atoms with Crippen LogP contribution in [0.4, 0.5) is 5.69 Å². The van der Waals surface area contributed by atoms with Gasteiger partial charge in [0.15, 0.2) is 0 Å². The van der Waals surface area contributed by atoms with Gasteiger partial charge in [-0.15, -0.1) is 0 Å². The molecule has 1 aromatic carbocycles. The number of nitrogens with zero attached hydrogens (tertiary/aromatic N) is 3. The molecule has 2 aliphatic heterocycles. The molecule has 4 rings (SSSR count). The van der Waals surface area contributed by atoms with Crippen molar-refractivity contribution in [3.05, 3.63) is 36.0 Å². The van der Waals surface area contributed by atoms with Gasteiger partial charge in [0.2, 0.25) is 0 Å². The van der Waals surface area contributed by atoms with Crippen LogP contribution < -0.4 is 4.90 Å². The second kappa shape index (κ2) is 6.46. The smallest absolute Gasteiger partial charge is 0.0751 e. The van der Waals surface area contributed by atoms with E-state index < -0.39 is 0 Å². The summed E-state index contributed by atoms with van der Waals surface area (Å²) < 4.78 is 5.45. The van der Waals surface area contributed by atoms with Crippen molar-refractivity contribution in [1.29, 1.82) is 0 Å². The third-order valence-electron chi connectivity index (χ3n) is 5.20. The zero-order chi connectivity index (χ0) is 15.6. The first-order valence-electron chi connectivity index (χ1n) is 8.70. The molecule has 1 atom stereocenters. The van der Waals surface area contributed by atoms with Gasteiger partial charge in [-0.1, -0.05) is 18.2 Å². The predicted molar refractivity (Wildman–Crippen MR) is 94.1 cm³/mol. The van der Waals surface area contributed by atoms with Gasteiger partial charge in [-0.3, -0.25) is 9.88 Å². The van der Waals surface area contributed by atoms with Gasteiger partial charge in [0, 0.05) is 50.0 Å². The zero-order valence-corrected chi connectivity index (χ0v) is 13.9. The largest absolute Gasteiger partial charge is 0.379 e. The van der Waals surface area contributed by atoms with Crippen molar-refractivity contribution in [2.45, 2.75) is 13.3 Å². The Morgan fingerprint density at radius 1 is 1.17 bits per heavy atom. The number of anilines is 1. The molecule has 2 fully saturated rings. The quantitative estimate of drug-likeness (QED) is 0.871. The molecule has 0 N–H and O–H groups in total. The lowest BCUT2D eigenvalue weighted by Crippen LogP contribution is -2.39. The first-order chi connectivity index (χ1) is 11.3. The summed E-state index contributed by atoms with van der Waals surface area (Å²) in [5.41, 5.74) is 3.75. The van der Waals surface area contributed by atoms with Gasteiger partial charge in [0.25, 0.3) is 0 Å². The molecule has 0 aliphatic carbocycles. The van der Waals surface area contributed by atoms with E-state index in [2.05, 4.69) is 46.0 Å². The van der Waals surface area contributed by atoms with Crippen LogP contribution >= 0.6 is 0 Å². The van der Waals surface area contributed by atoms with Gasteiger partial charge in [-0.25, -0.2) is 0 Å². The van der Waals surface area contributed by atoms with Crippen LogP contribution in [0.25, 0.3) is 10.9 Å². The van der Waals surface area contributed by atoms with Crippen LogP contribution in [-0.4, -0.2) is 55.8 Å². The third-order valence-corrected chi connectivity index (χ3v) is 5.20. The van der Waals surface area contributed by atoms with E-state index in [1.165, 1.54) is 29.6 Å². The number of fused-ring (bicyclic) bond motifs is 1. The fourth-order valence-corrected chi connectivity index (χ4v) is 3.93. The lowest BCUT2D eigenvalue weighted by atomic mass is 10.1. The number of morpholine rings is 1. The minimum absolute atomic E-state index is 0.765. The zero-order valence-electron chi connectivity index (χ0n) is 13.9. The Morgan fingerprint density at radius 3 is 2.91 bits per heavy atom. The lowest BCUT2D eigenvalue weighted by Gasteiger charge is -2.29. The molecule has 122 valence electrons. The van der Waals surface area contributed by atoms with E-state index in [1.807, 2.05) is 6.20 Å². The molecule has 0 bridgehead atoms. The Bertz CT molecular complexity index is 681. The number of aromatic nitrogens is 1. The fourth-order valence-electron chi connectivity index (χ4n) is 3.93. The molecule has 0 radical (unpaired) electrons. The maximum Gasteiger partial charge on any atom is 0.0751 e.